The molecule has 0 unspecified atom stereocenters. The second-order valence-corrected chi connectivity index (χ2v) is 12.5. The average molecular weight is 688 g/mol. The van der Waals surface area contributed by atoms with Crippen molar-refractivity contribution in [3.8, 4) is 11.5 Å². The number of hydrogen-bond acceptors (Lipinski definition) is 8. The molecule has 47 heavy (non-hydrogen) atoms. The lowest BCUT2D eigenvalue weighted by Gasteiger charge is -2.25. The molecule has 6 N–H and O–H groups in total. The van der Waals surface area contributed by atoms with Crippen LogP contribution in [0.15, 0.2) is 46.3 Å². The predicted molar refractivity (Wildman–Crippen MR) is 168 cm³/mol. The van der Waals surface area contributed by atoms with Crippen molar-refractivity contribution in [2.75, 3.05) is 26.6 Å². The molecular formula is C30H40F3N5O8S. The fraction of sp³-hybridized carbons (Fsp3) is 0.467. The number of halogens is 3. The number of carboxylic acid groups (broad SMARTS) is 1. The van der Waals surface area contributed by atoms with Crippen LogP contribution in [0.25, 0.3) is 0 Å². The molecule has 260 valence electrons. The average Bonchev–Trinajstić information content (AvgIpc) is 3.01. The third-order valence-electron chi connectivity index (χ3n) is 7.25. The highest BCUT2D eigenvalue weighted by Gasteiger charge is 2.38. The summed E-state index contributed by atoms with van der Waals surface area (Å²) in [5, 5.41) is 12.5. The summed E-state index contributed by atoms with van der Waals surface area (Å²) in [7, 11) is 0.676. The summed E-state index contributed by atoms with van der Waals surface area (Å²) in [5.41, 5.74) is 7.85. The van der Waals surface area contributed by atoms with Crippen LogP contribution in [0.3, 0.4) is 0 Å². The second-order valence-electron chi connectivity index (χ2n) is 10.7. The van der Waals surface area contributed by atoms with Gasteiger partial charge in [-0.15, -0.1) is 0 Å². The number of carboxylic acids is 1. The molecule has 0 heterocycles. The van der Waals surface area contributed by atoms with Gasteiger partial charge in [0.05, 0.1) is 25.5 Å². The maximum atomic E-state index is 13.4. The number of nitrogens with two attached hydrogens (primary N) is 1. The lowest BCUT2D eigenvalue weighted by atomic mass is 9.84. The number of nitrogens with zero attached hydrogens (tertiary/aromatic N) is 1. The monoisotopic (exact) mass is 687 g/mol. The first-order chi connectivity index (χ1) is 22.0. The molecule has 1 aliphatic rings. The molecular weight excluding hydrogens is 647 g/mol. The minimum absolute atomic E-state index is 0.0159. The summed E-state index contributed by atoms with van der Waals surface area (Å²) in [5.74, 6) is -2.40. The van der Waals surface area contributed by atoms with Crippen molar-refractivity contribution in [1.82, 2.24) is 10.0 Å². The highest BCUT2D eigenvalue weighted by atomic mass is 32.2. The van der Waals surface area contributed by atoms with E-state index in [4.69, 9.17) is 25.1 Å². The molecule has 0 aliphatic heterocycles. The molecule has 0 saturated heterocycles. The normalized spacial score (nSPS) is 14.7. The van der Waals surface area contributed by atoms with E-state index in [-0.39, 0.29) is 17.3 Å². The van der Waals surface area contributed by atoms with Crippen molar-refractivity contribution in [2.24, 2.45) is 16.6 Å². The summed E-state index contributed by atoms with van der Waals surface area (Å²) in [6.45, 7) is 1.77. The molecule has 1 saturated carbocycles. The SMILES string of the molecule is CNS(=O)(=O)c1ccc(C)c(NC(=O)[C@@H](CC2CCCCC2)N=C(N)NC(=O)Cc2ccc(OC)c(OC)c2)c1.O=C(O)C(F)(F)F. The number of guanidine groups is 1. The number of rotatable bonds is 11. The number of methoxy groups -OCH3 is 2. The van der Waals surface area contributed by atoms with Crippen LogP contribution in [-0.4, -0.2) is 70.8 Å². The third kappa shape index (κ3) is 12.4. The van der Waals surface area contributed by atoms with Crippen LogP contribution in [0.1, 0.15) is 49.7 Å². The Morgan fingerprint density at radius 2 is 1.66 bits per heavy atom. The zero-order valence-corrected chi connectivity index (χ0v) is 27.3. The number of aryl methyl sites for hydroxylation is 1. The number of benzene rings is 2. The highest BCUT2D eigenvalue weighted by Crippen LogP contribution is 2.30. The Bertz CT molecular complexity index is 1540. The molecule has 1 fully saturated rings. The number of aliphatic carboxylic acids is 1. The topological polar surface area (TPSA) is 199 Å². The van der Waals surface area contributed by atoms with Gasteiger partial charge < -0.3 is 25.6 Å². The standard InChI is InChI=1S/C28H39N5O6S.C2HF3O2/c1-18-10-12-21(40(36,37)30-2)17-22(18)31-27(35)23(14-19-8-6-5-7-9-19)32-28(29)33-26(34)16-20-11-13-24(38-3)25(15-20)39-4;3-2(4,5)1(6)7/h10-13,15,17,19,23,30H,5-9,14,16H2,1-4H3,(H,31,35)(H3,29,32,33,34);(H,6,7)/t23-;/m1./s1. The van der Waals surface area contributed by atoms with Crippen LogP contribution in [-0.2, 0) is 30.8 Å². The van der Waals surface area contributed by atoms with Crippen LogP contribution in [0, 0.1) is 12.8 Å². The maximum absolute atomic E-state index is 13.4. The summed E-state index contributed by atoms with van der Waals surface area (Å²) < 4.78 is 69.1. The van der Waals surface area contributed by atoms with E-state index in [1.807, 2.05) is 0 Å². The molecule has 0 spiro atoms. The number of nitrogens with one attached hydrogen (secondary N) is 3. The molecule has 2 amide bonds. The Labute approximate surface area is 271 Å². The smallest absolute Gasteiger partial charge is 0.490 e. The van der Waals surface area contributed by atoms with Crippen LogP contribution in [0.4, 0.5) is 18.9 Å². The van der Waals surface area contributed by atoms with Crippen molar-refractivity contribution in [3.63, 3.8) is 0 Å². The number of carbonyl (C=O) groups is 3. The largest absolute Gasteiger partial charge is 0.493 e. The van der Waals surface area contributed by atoms with Crippen molar-refractivity contribution >= 4 is 39.5 Å². The lowest BCUT2D eigenvalue weighted by Crippen LogP contribution is -2.40. The van der Waals surface area contributed by atoms with Gasteiger partial charge in [0.25, 0.3) is 0 Å². The molecule has 0 bridgehead atoms. The molecule has 17 heteroatoms. The number of alkyl halides is 3. The van der Waals surface area contributed by atoms with E-state index < -0.39 is 40.0 Å². The van der Waals surface area contributed by atoms with Crippen molar-refractivity contribution in [1.29, 1.82) is 0 Å². The predicted octanol–water partition coefficient (Wildman–Crippen LogP) is 3.50. The number of amides is 2. The van der Waals surface area contributed by atoms with Crippen molar-refractivity contribution < 1.29 is 50.6 Å². The number of carbonyl (C=O) groups excluding carboxylic acids is 2. The van der Waals surface area contributed by atoms with Gasteiger partial charge in [0.15, 0.2) is 17.5 Å². The van der Waals surface area contributed by atoms with Gasteiger partial charge in [0.1, 0.15) is 6.04 Å². The zero-order valence-electron chi connectivity index (χ0n) is 26.4. The highest BCUT2D eigenvalue weighted by molar-refractivity contribution is 7.89. The number of sulfonamides is 1. The quantitative estimate of drug-likeness (QED) is 0.173. The van der Waals surface area contributed by atoms with E-state index in [9.17, 15) is 31.2 Å². The van der Waals surface area contributed by atoms with Crippen LogP contribution < -0.4 is 30.6 Å². The van der Waals surface area contributed by atoms with Crippen LogP contribution >= 0.6 is 0 Å². The Balaban J connectivity index is 0.000000984. The van der Waals surface area contributed by atoms with Gasteiger partial charge in [0, 0.05) is 5.69 Å². The second kappa shape index (κ2) is 17.5. The molecule has 2 aromatic carbocycles. The van der Waals surface area contributed by atoms with E-state index in [1.54, 1.807) is 31.2 Å². The molecule has 1 aliphatic carbocycles. The number of anilines is 1. The van der Waals surface area contributed by atoms with E-state index in [1.165, 1.54) is 33.4 Å². The first-order valence-corrected chi connectivity index (χ1v) is 16.0. The zero-order chi connectivity index (χ0) is 35.4. The summed E-state index contributed by atoms with van der Waals surface area (Å²) in [4.78, 5) is 39.5. The number of ether oxygens (including phenoxy) is 2. The van der Waals surface area contributed by atoms with Gasteiger partial charge in [-0.05, 0) is 61.7 Å². The maximum Gasteiger partial charge on any atom is 0.490 e. The van der Waals surface area contributed by atoms with E-state index in [2.05, 4.69) is 20.3 Å². The first kappa shape index (κ1) is 38.8. The van der Waals surface area contributed by atoms with Gasteiger partial charge in [-0.1, -0.05) is 44.2 Å². The fourth-order valence-electron chi connectivity index (χ4n) is 4.76. The Kier molecular flexibility index (Phi) is 14.5. The van der Waals surface area contributed by atoms with Crippen LogP contribution in [0.2, 0.25) is 0 Å². The summed E-state index contributed by atoms with van der Waals surface area (Å²) in [6, 6.07) is 8.81. The van der Waals surface area contributed by atoms with E-state index in [0.717, 1.165) is 32.1 Å². The van der Waals surface area contributed by atoms with Gasteiger partial charge in [-0.2, -0.15) is 13.2 Å². The minimum Gasteiger partial charge on any atom is -0.493 e. The molecule has 0 radical (unpaired) electrons. The molecule has 2 aromatic rings. The first-order valence-electron chi connectivity index (χ1n) is 14.5. The van der Waals surface area contributed by atoms with Crippen LogP contribution in [0.5, 0.6) is 11.5 Å². The third-order valence-corrected chi connectivity index (χ3v) is 8.66. The van der Waals surface area contributed by atoms with Gasteiger partial charge >= 0.3 is 12.1 Å². The molecule has 0 aromatic heterocycles. The van der Waals surface area contributed by atoms with Gasteiger partial charge in [-0.25, -0.2) is 22.9 Å². The van der Waals surface area contributed by atoms with E-state index in [0.29, 0.717) is 40.7 Å². The van der Waals surface area contributed by atoms with Crippen molar-refractivity contribution in [3.05, 3.63) is 47.5 Å². The molecule has 3 rings (SSSR count). The number of aliphatic imine (C=N–C) groups is 1. The Morgan fingerprint density at radius 3 is 2.21 bits per heavy atom. The summed E-state index contributed by atoms with van der Waals surface area (Å²) >= 11 is 0. The Hall–Kier alpha value is -4.38. The Morgan fingerprint density at radius 1 is 1.04 bits per heavy atom. The lowest BCUT2D eigenvalue weighted by molar-refractivity contribution is -0.192. The van der Waals surface area contributed by atoms with Crippen molar-refractivity contribution in [2.45, 2.75) is 69.0 Å². The van der Waals surface area contributed by atoms with Gasteiger partial charge in [0.2, 0.25) is 21.8 Å². The minimum atomic E-state index is -5.08. The summed E-state index contributed by atoms with van der Waals surface area (Å²) in [6.07, 6.45) is 0.705. The molecule has 13 nitrogen and oxygen atoms in total. The van der Waals surface area contributed by atoms with Gasteiger partial charge in [-0.3, -0.25) is 14.9 Å². The fourth-order valence-corrected chi connectivity index (χ4v) is 5.51. The van der Waals surface area contributed by atoms with E-state index >= 15 is 0 Å². The number of hydrogen-bond donors (Lipinski definition) is 5. The molecule has 1 atom stereocenters.